The molecule has 2 aromatic carbocycles. The largest absolute Gasteiger partial charge is 0.417 e. The van der Waals surface area contributed by atoms with Crippen LogP contribution < -0.4 is 11.1 Å². The van der Waals surface area contributed by atoms with Gasteiger partial charge in [-0.15, -0.1) is 0 Å². The van der Waals surface area contributed by atoms with Gasteiger partial charge in [0.2, 0.25) is 0 Å². The highest BCUT2D eigenvalue weighted by molar-refractivity contribution is 7.97. The third kappa shape index (κ3) is 5.13. The number of nitrogens with two attached hydrogens (primary N) is 1. The van der Waals surface area contributed by atoms with Gasteiger partial charge in [-0.1, -0.05) is 18.2 Å². The fourth-order valence-corrected chi connectivity index (χ4v) is 4.96. The molecule has 34 heavy (non-hydrogen) atoms. The lowest BCUT2D eigenvalue weighted by molar-refractivity contribution is -0.137. The van der Waals surface area contributed by atoms with Crippen molar-refractivity contribution in [2.45, 2.75) is 30.0 Å². The molecule has 5 rings (SSSR count). The van der Waals surface area contributed by atoms with Crippen molar-refractivity contribution >= 4 is 34.7 Å². The van der Waals surface area contributed by atoms with Crippen LogP contribution in [0.5, 0.6) is 0 Å². The number of aromatic amines is 1. The van der Waals surface area contributed by atoms with Crippen LogP contribution >= 0.6 is 11.9 Å². The third-order valence-electron chi connectivity index (χ3n) is 5.82. The zero-order valence-electron chi connectivity index (χ0n) is 18.1. The molecule has 0 atom stereocenters. The van der Waals surface area contributed by atoms with Crippen molar-refractivity contribution in [1.29, 1.82) is 0 Å². The van der Waals surface area contributed by atoms with Crippen LogP contribution in [0.2, 0.25) is 0 Å². The Morgan fingerprint density at radius 1 is 1.00 bits per heavy atom. The second kappa shape index (κ2) is 9.19. The molecular formula is C24H23F3N6S. The number of nitrogens with zero attached hydrogens (tertiary/aromatic N) is 3. The predicted octanol–water partition coefficient (Wildman–Crippen LogP) is 5.81. The molecule has 1 fully saturated rings. The van der Waals surface area contributed by atoms with E-state index in [0.29, 0.717) is 11.8 Å². The normalized spacial score (nSPS) is 15.6. The topological polar surface area (TPSA) is 82.9 Å². The maximum Gasteiger partial charge on any atom is 0.417 e. The fraction of sp³-hybridized carbons (Fsp3) is 0.250. The van der Waals surface area contributed by atoms with Gasteiger partial charge in [-0.3, -0.25) is 0 Å². The Balaban J connectivity index is 1.14. The summed E-state index contributed by atoms with van der Waals surface area (Å²) in [5.74, 6) is 0.888. The summed E-state index contributed by atoms with van der Waals surface area (Å²) in [6.07, 6.45) is -1.71. The van der Waals surface area contributed by atoms with E-state index in [1.165, 1.54) is 6.07 Å². The zero-order chi connectivity index (χ0) is 23.7. The van der Waals surface area contributed by atoms with Gasteiger partial charge in [0, 0.05) is 30.2 Å². The predicted molar refractivity (Wildman–Crippen MR) is 129 cm³/mol. The number of hydrogen-bond donors (Lipinski definition) is 3. The number of fused-ring (bicyclic) bond motifs is 1. The minimum atomic E-state index is -4.37. The number of piperidine rings is 1. The van der Waals surface area contributed by atoms with Gasteiger partial charge >= 0.3 is 6.18 Å². The van der Waals surface area contributed by atoms with E-state index in [-0.39, 0.29) is 6.04 Å². The van der Waals surface area contributed by atoms with Gasteiger partial charge in [-0.05, 0) is 72.3 Å². The number of pyridine rings is 1. The van der Waals surface area contributed by atoms with Crippen molar-refractivity contribution in [2.75, 3.05) is 24.1 Å². The molecule has 0 unspecified atom stereocenters. The van der Waals surface area contributed by atoms with E-state index in [1.54, 1.807) is 11.9 Å². The molecule has 176 valence electrons. The maximum absolute atomic E-state index is 12.7. The van der Waals surface area contributed by atoms with E-state index in [1.807, 2.05) is 18.2 Å². The molecule has 0 amide bonds. The van der Waals surface area contributed by atoms with Crippen LogP contribution in [-0.2, 0) is 6.18 Å². The number of H-pyrrole nitrogens is 1. The summed E-state index contributed by atoms with van der Waals surface area (Å²) in [6.45, 7) is 1.76. The van der Waals surface area contributed by atoms with E-state index >= 15 is 0 Å². The number of nitrogen functional groups attached to an aromatic ring is 1. The zero-order valence-corrected chi connectivity index (χ0v) is 19.0. The highest BCUT2D eigenvalue weighted by atomic mass is 32.2. The molecule has 0 aliphatic carbocycles. The van der Waals surface area contributed by atoms with E-state index in [0.717, 1.165) is 65.3 Å². The number of anilines is 2. The Morgan fingerprint density at radius 2 is 1.74 bits per heavy atom. The van der Waals surface area contributed by atoms with Crippen LogP contribution in [0.15, 0.2) is 65.7 Å². The Bertz CT molecular complexity index is 1260. The lowest BCUT2D eigenvalue weighted by Gasteiger charge is -2.31. The van der Waals surface area contributed by atoms with Gasteiger partial charge in [0.25, 0.3) is 0 Å². The summed E-state index contributed by atoms with van der Waals surface area (Å²) in [5, 5.41) is 3.25. The number of imidazole rings is 1. The molecule has 6 nitrogen and oxygen atoms in total. The van der Waals surface area contributed by atoms with Crippen molar-refractivity contribution in [1.82, 2.24) is 19.3 Å². The second-order valence-corrected chi connectivity index (χ2v) is 9.42. The molecular weight excluding hydrogens is 461 g/mol. The Hall–Kier alpha value is -3.24. The summed E-state index contributed by atoms with van der Waals surface area (Å²) in [5.41, 5.74) is 8.97. The van der Waals surface area contributed by atoms with Crippen molar-refractivity contribution in [2.24, 2.45) is 0 Å². The van der Waals surface area contributed by atoms with Gasteiger partial charge in [0.1, 0.15) is 5.82 Å². The van der Waals surface area contributed by atoms with Crippen molar-refractivity contribution < 1.29 is 13.2 Å². The monoisotopic (exact) mass is 484 g/mol. The molecule has 10 heteroatoms. The van der Waals surface area contributed by atoms with Gasteiger partial charge in [0.15, 0.2) is 5.95 Å². The van der Waals surface area contributed by atoms with Gasteiger partial charge < -0.3 is 16.0 Å². The number of hydrogen-bond acceptors (Lipinski definition) is 6. The summed E-state index contributed by atoms with van der Waals surface area (Å²) in [6, 6.07) is 17.1. The fourth-order valence-electron chi connectivity index (χ4n) is 4.01. The molecule has 0 bridgehead atoms. The highest BCUT2D eigenvalue weighted by Gasteiger charge is 2.30. The molecule has 4 N–H and O–H groups in total. The summed E-state index contributed by atoms with van der Waals surface area (Å²) in [4.78, 5) is 12.4. The number of halogens is 3. The molecule has 1 aliphatic heterocycles. The molecule has 4 aromatic rings. The summed E-state index contributed by atoms with van der Waals surface area (Å²) in [7, 11) is 0. The second-order valence-electron chi connectivity index (χ2n) is 8.25. The van der Waals surface area contributed by atoms with Crippen molar-refractivity contribution in [3.63, 3.8) is 0 Å². The van der Waals surface area contributed by atoms with Gasteiger partial charge in [-0.2, -0.15) is 13.2 Å². The Morgan fingerprint density at radius 3 is 2.41 bits per heavy atom. The molecule has 2 aromatic heterocycles. The van der Waals surface area contributed by atoms with Crippen LogP contribution in [-0.4, -0.2) is 38.4 Å². The minimum absolute atomic E-state index is 0.190. The lowest BCUT2D eigenvalue weighted by atomic mass is 10.1. The number of benzene rings is 2. The average molecular weight is 485 g/mol. The van der Waals surface area contributed by atoms with Crippen LogP contribution in [0.1, 0.15) is 18.4 Å². The first-order valence-corrected chi connectivity index (χ1v) is 11.7. The van der Waals surface area contributed by atoms with Crippen LogP contribution in [0.4, 0.5) is 24.9 Å². The molecule has 0 saturated carbocycles. The van der Waals surface area contributed by atoms with Crippen LogP contribution in [0, 0.1) is 0 Å². The smallest absolute Gasteiger partial charge is 0.369 e. The number of aromatic nitrogens is 3. The Labute approximate surface area is 198 Å². The molecule has 1 aliphatic rings. The van der Waals surface area contributed by atoms with Crippen LogP contribution in [0.25, 0.3) is 22.2 Å². The Kier molecular flexibility index (Phi) is 6.09. The highest BCUT2D eigenvalue weighted by Crippen LogP contribution is 2.31. The molecule has 3 heterocycles. The standard InChI is InChI=1S/C24H23F3N6S/c25-24(26,27)17-4-8-22(29-14-17)30-18-9-11-33(12-10-18)34-19-5-1-15(2-6-19)16-3-7-20-21(13-16)32-23(28)31-20/h1-8,13-14,18H,9-12H2,(H,29,30)(H3,28,31,32). The van der Waals surface area contributed by atoms with E-state index in [4.69, 9.17) is 5.73 Å². The summed E-state index contributed by atoms with van der Waals surface area (Å²) < 4.78 is 40.4. The van der Waals surface area contributed by atoms with E-state index < -0.39 is 11.7 Å². The molecule has 0 radical (unpaired) electrons. The molecule has 1 saturated heterocycles. The number of alkyl halides is 3. The molecule has 0 spiro atoms. The quantitative estimate of drug-likeness (QED) is 0.310. The first-order valence-electron chi connectivity index (χ1n) is 10.9. The van der Waals surface area contributed by atoms with Gasteiger partial charge in [0.05, 0.1) is 16.6 Å². The summed E-state index contributed by atoms with van der Waals surface area (Å²) >= 11 is 1.72. The number of nitrogens with one attached hydrogen (secondary N) is 2. The number of rotatable bonds is 5. The average Bonchev–Trinajstić information content (AvgIpc) is 3.20. The first kappa shape index (κ1) is 22.5. The maximum atomic E-state index is 12.7. The minimum Gasteiger partial charge on any atom is -0.369 e. The van der Waals surface area contributed by atoms with Crippen molar-refractivity contribution in [3.8, 4) is 11.1 Å². The third-order valence-corrected chi connectivity index (χ3v) is 6.93. The SMILES string of the molecule is Nc1nc2ccc(-c3ccc(SN4CCC(Nc5ccc(C(F)(F)F)cn5)CC4)cc3)cc2[nH]1. The van der Waals surface area contributed by atoms with E-state index in [9.17, 15) is 13.2 Å². The van der Waals surface area contributed by atoms with Crippen LogP contribution in [0.3, 0.4) is 0 Å². The van der Waals surface area contributed by atoms with Crippen molar-refractivity contribution in [3.05, 3.63) is 66.4 Å². The van der Waals surface area contributed by atoms with Gasteiger partial charge in [-0.25, -0.2) is 14.3 Å². The lowest BCUT2D eigenvalue weighted by Crippen LogP contribution is -2.35. The van der Waals surface area contributed by atoms with E-state index in [2.05, 4.69) is 48.8 Å². The first-order chi connectivity index (χ1) is 16.3.